The third-order valence-electron chi connectivity index (χ3n) is 4.61. The molecule has 2 aromatic rings. The lowest BCUT2D eigenvalue weighted by Crippen LogP contribution is -2.25. The van der Waals surface area contributed by atoms with Crippen molar-refractivity contribution in [1.82, 2.24) is 4.98 Å². The summed E-state index contributed by atoms with van der Waals surface area (Å²) in [5.41, 5.74) is 7.09. The molecule has 9 heteroatoms. The fourth-order valence-electron chi connectivity index (χ4n) is 3.33. The number of rotatable bonds is 2. The summed E-state index contributed by atoms with van der Waals surface area (Å²) in [4.78, 5) is 16.8. The van der Waals surface area contributed by atoms with Crippen LogP contribution in [0.4, 0.5) is 0 Å². The summed E-state index contributed by atoms with van der Waals surface area (Å²) < 4.78 is 21.0. The molecule has 3 heterocycles. The Balaban J connectivity index is 1.96. The van der Waals surface area contributed by atoms with Crippen LogP contribution < -0.4 is 15.2 Å². The SMILES string of the molecule is COC(=O)C1=C(C)OC(N)=C(C#N)[C@@H]1c1cc2cc3c(cc2nc1Cl)OCO3. The predicted octanol–water partition coefficient (Wildman–Crippen LogP) is 2.87. The highest BCUT2D eigenvalue weighted by molar-refractivity contribution is 6.30. The average molecular weight is 400 g/mol. The second-order valence-corrected chi connectivity index (χ2v) is 6.51. The number of nitrogens with two attached hydrogens (primary N) is 1. The van der Waals surface area contributed by atoms with Crippen LogP contribution in [0, 0.1) is 11.3 Å². The number of allylic oxidation sites excluding steroid dienone is 2. The number of benzene rings is 1. The van der Waals surface area contributed by atoms with Crippen molar-refractivity contribution < 1.29 is 23.7 Å². The summed E-state index contributed by atoms with van der Waals surface area (Å²) >= 11 is 6.45. The molecule has 4 rings (SSSR count). The molecule has 142 valence electrons. The number of carbonyl (C=O) groups is 1. The van der Waals surface area contributed by atoms with Crippen LogP contribution >= 0.6 is 11.6 Å². The Morgan fingerprint density at radius 1 is 1.36 bits per heavy atom. The van der Waals surface area contributed by atoms with Crippen LogP contribution in [0.25, 0.3) is 10.9 Å². The van der Waals surface area contributed by atoms with E-state index < -0.39 is 11.9 Å². The third-order valence-corrected chi connectivity index (χ3v) is 4.91. The standard InChI is InChI=1S/C19H14ClN3O5/c1-8-15(19(24)25-2)16(11(6-21)18(22)28-8)10-3-9-4-13-14(27-7-26-13)5-12(9)23-17(10)20/h3-5,16H,7,22H2,1-2H3/t16-/m0/s1. The Morgan fingerprint density at radius 2 is 2.07 bits per heavy atom. The molecule has 2 aliphatic rings. The highest BCUT2D eigenvalue weighted by Gasteiger charge is 2.37. The quantitative estimate of drug-likeness (QED) is 0.605. The number of nitrogens with zero attached hydrogens (tertiary/aromatic N) is 2. The zero-order valence-corrected chi connectivity index (χ0v) is 15.7. The van der Waals surface area contributed by atoms with Crippen molar-refractivity contribution in [3.05, 3.63) is 51.7 Å². The van der Waals surface area contributed by atoms with E-state index in [1.54, 1.807) is 25.1 Å². The largest absolute Gasteiger partial charge is 0.466 e. The molecule has 1 aromatic heterocycles. The highest BCUT2D eigenvalue weighted by atomic mass is 35.5. The third kappa shape index (κ3) is 2.68. The number of pyridine rings is 1. The van der Waals surface area contributed by atoms with E-state index in [4.69, 9.17) is 36.3 Å². The molecule has 0 saturated heterocycles. The van der Waals surface area contributed by atoms with Gasteiger partial charge in [0.1, 0.15) is 22.6 Å². The number of ether oxygens (including phenoxy) is 4. The molecule has 1 atom stereocenters. The monoisotopic (exact) mass is 399 g/mol. The van der Waals surface area contributed by atoms with Crippen LogP contribution in [0.5, 0.6) is 11.5 Å². The zero-order valence-electron chi connectivity index (χ0n) is 14.9. The lowest BCUT2D eigenvalue weighted by molar-refractivity contribution is -0.136. The lowest BCUT2D eigenvalue weighted by Gasteiger charge is -2.27. The molecule has 0 radical (unpaired) electrons. The van der Waals surface area contributed by atoms with E-state index in [9.17, 15) is 10.1 Å². The first kappa shape index (κ1) is 17.9. The van der Waals surface area contributed by atoms with Gasteiger partial charge in [0.15, 0.2) is 11.5 Å². The number of hydrogen-bond donors (Lipinski definition) is 1. The van der Waals surface area contributed by atoms with Crippen molar-refractivity contribution in [2.45, 2.75) is 12.8 Å². The Labute approximate surface area is 164 Å². The number of carbonyl (C=O) groups excluding carboxylic acids is 1. The van der Waals surface area contributed by atoms with Gasteiger partial charge in [-0.2, -0.15) is 5.26 Å². The molecule has 0 unspecified atom stereocenters. The summed E-state index contributed by atoms with van der Waals surface area (Å²) in [7, 11) is 1.24. The summed E-state index contributed by atoms with van der Waals surface area (Å²) in [5, 5.41) is 10.5. The van der Waals surface area contributed by atoms with Gasteiger partial charge in [-0.3, -0.25) is 0 Å². The van der Waals surface area contributed by atoms with Gasteiger partial charge in [0.2, 0.25) is 12.7 Å². The smallest absolute Gasteiger partial charge is 0.338 e. The summed E-state index contributed by atoms with van der Waals surface area (Å²) in [6, 6.07) is 7.22. The maximum Gasteiger partial charge on any atom is 0.338 e. The molecule has 2 aliphatic heterocycles. The predicted molar refractivity (Wildman–Crippen MR) is 98.2 cm³/mol. The van der Waals surface area contributed by atoms with Crippen LogP contribution in [0.2, 0.25) is 5.15 Å². The van der Waals surface area contributed by atoms with Crippen molar-refractivity contribution in [3.63, 3.8) is 0 Å². The van der Waals surface area contributed by atoms with E-state index in [2.05, 4.69) is 4.98 Å². The molecule has 1 aromatic carbocycles. The summed E-state index contributed by atoms with van der Waals surface area (Å²) in [6.07, 6.45) is 0. The number of aromatic nitrogens is 1. The topological polar surface area (TPSA) is 117 Å². The molecule has 0 amide bonds. The van der Waals surface area contributed by atoms with Crippen LogP contribution in [-0.2, 0) is 14.3 Å². The average Bonchev–Trinajstić information content (AvgIpc) is 3.12. The minimum atomic E-state index is -0.874. The molecule has 2 N–H and O–H groups in total. The second kappa shape index (κ2) is 6.62. The minimum Gasteiger partial charge on any atom is -0.466 e. The number of halogens is 1. The maximum atomic E-state index is 12.4. The van der Waals surface area contributed by atoms with E-state index in [0.29, 0.717) is 28.0 Å². The van der Waals surface area contributed by atoms with Crippen LogP contribution in [0.15, 0.2) is 41.0 Å². The van der Waals surface area contributed by atoms with Gasteiger partial charge < -0.3 is 24.7 Å². The first-order valence-corrected chi connectivity index (χ1v) is 8.58. The van der Waals surface area contributed by atoms with Crippen molar-refractivity contribution in [2.24, 2.45) is 5.73 Å². The number of methoxy groups -OCH3 is 1. The Hall–Kier alpha value is -3.44. The van der Waals surface area contributed by atoms with Gasteiger partial charge in [-0.15, -0.1) is 0 Å². The lowest BCUT2D eigenvalue weighted by atomic mass is 9.83. The van der Waals surface area contributed by atoms with Gasteiger partial charge in [-0.05, 0) is 19.1 Å². The minimum absolute atomic E-state index is 0.0507. The zero-order chi connectivity index (χ0) is 20.0. The molecule has 0 saturated carbocycles. The van der Waals surface area contributed by atoms with Gasteiger partial charge in [-0.25, -0.2) is 9.78 Å². The van der Waals surface area contributed by atoms with Gasteiger partial charge in [0.05, 0.1) is 24.1 Å². The fraction of sp³-hybridized carbons (Fsp3) is 0.211. The van der Waals surface area contributed by atoms with E-state index in [0.717, 1.165) is 0 Å². The fourth-order valence-corrected chi connectivity index (χ4v) is 3.58. The van der Waals surface area contributed by atoms with Crippen LogP contribution in [0.3, 0.4) is 0 Å². The Morgan fingerprint density at radius 3 is 2.75 bits per heavy atom. The molecule has 8 nitrogen and oxygen atoms in total. The van der Waals surface area contributed by atoms with Crippen LogP contribution in [0.1, 0.15) is 18.4 Å². The Kier molecular flexibility index (Phi) is 4.24. The number of esters is 1. The molecule has 0 fully saturated rings. The molecular weight excluding hydrogens is 386 g/mol. The first-order valence-electron chi connectivity index (χ1n) is 8.21. The summed E-state index contributed by atoms with van der Waals surface area (Å²) in [6.45, 7) is 1.69. The molecule has 0 aliphatic carbocycles. The number of fused-ring (bicyclic) bond motifs is 2. The van der Waals surface area contributed by atoms with Crippen molar-refractivity contribution in [3.8, 4) is 17.6 Å². The number of nitriles is 1. The second-order valence-electron chi connectivity index (χ2n) is 6.15. The van der Waals surface area contributed by atoms with Crippen LogP contribution in [-0.4, -0.2) is 24.9 Å². The van der Waals surface area contributed by atoms with Crippen molar-refractivity contribution in [1.29, 1.82) is 5.26 Å². The molecular formula is C19H14ClN3O5. The van der Waals surface area contributed by atoms with Gasteiger partial charge >= 0.3 is 5.97 Å². The van der Waals surface area contributed by atoms with Gasteiger partial charge in [0, 0.05) is 17.0 Å². The van der Waals surface area contributed by atoms with E-state index in [1.165, 1.54) is 7.11 Å². The highest BCUT2D eigenvalue weighted by Crippen LogP contribution is 2.44. The van der Waals surface area contributed by atoms with Gasteiger partial charge in [-0.1, -0.05) is 11.6 Å². The first-order chi connectivity index (χ1) is 13.4. The van der Waals surface area contributed by atoms with Gasteiger partial charge in [0.25, 0.3) is 0 Å². The molecule has 0 bridgehead atoms. The molecule has 28 heavy (non-hydrogen) atoms. The summed E-state index contributed by atoms with van der Waals surface area (Å²) in [5.74, 6) is -0.243. The number of hydrogen-bond acceptors (Lipinski definition) is 8. The Bertz CT molecular complexity index is 1130. The van der Waals surface area contributed by atoms with Crippen molar-refractivity contribution in [2.75, 3.05) is 13.9 Å². The van der Waals surface area contributed by atoms with E-state index >= 15 is 0 Å². The van der Waals surface area contributed by atoms with E-state index in [1.807, 2.05) is 6.07 Å². The van der Waals surface area contributed by atoms with E-state index in [-0.39, 0.29) is 34.7 Å². The van der Waals surface area contributed by atoms with Crippen molar-refractivity contribution >= 4 is 28.5 Å². The molecule has 0 spiro atoms. The normalized spacial score (nSPS) is 18.1. The maximum absolute atomic E-state index is 12.4.